The molecule has 0 aliphatic heterocycles. The first-order chi connectivity index (χ1) is 8.69. The molecule has 2 rings (SSSR count). The summed E-state index contributed by atoms with van der Waals surface area (Å²) in [5, 5.41) is 0. The molecule has 0 saturated heterocycles. The van der Waals surface area contributed by atoms with Crippen LogP contribution in [0.3, 0.4) is 0 Å². The summed E-state index contributed by atoms with van der Waals surface area (Å²) in [5.74, 6) is 0.881. The zero-order valence-corrected chi connectivity index (χ0v) is 11.4. The predicted molar refractivity (Wildman–Crippen MR) is 76.2 cm³/mol. The van der Waals surface area contributed by atoms with Crippen molar-refractivity contribution in [1.29, 1.82) is 0 Å². The lowest BCUT2D eigenvalue weighted by molar-refractivity contribution is 0.414. The molecular weight excluding hydrogens is 242 g/mol. The minimum Gasteiger partial charge on any atom is -0.497 e. The third kappa shape index (κ3) is 3.28. The number of ether oxygens (including phenoxy) is 1. The Kier molecular flexibility index (Phi) is 4.28. The Hall–Kier alpha value is -1.45. The second-order valence-corrected chi connectivity index (χ2v) is 5.28. The summed E-state index contributed by atoms with van der Waals surface area (Å²) in [6, 6.07) is 16.5. The monoisotopic (exact) mass is 259 g/mol. The lowest BCUT2D eigenvalue weighted by Gasteiger charge is -2.07. The van der Waals surface area contributed by atoms with E-state index < -0.39 is 0 Å². The first-order valence-corrected chi connectivity index (χ1v) is 6.68. The smallest absolute Gasteiger partial charge is 0.118 e. The lowest BCUT2D eigenvalue weighted by Crippen LogP contribution is -2.04. The van der Waals surface area contributed by atoms with Crippen molar-refractivity contribution >= 4 is 11.8 Å². The Bertz CT molecular complexity index is 491. The minimum atomic E-state index is 0.0880. The Morgan fingerprint density at radius 3 is 1.89 bits per heavy atom. The van der Waals surface area contributed by atoms with Crippen LogP contribution in [0.1, 0.15) is 18.5 Å². The topological polar surface area (TPSA) is 35.2 Å². The molecule has 1 atom stereocenters. The average Bonchev–Trinajstić information content (AvgIpc) is 2.40. The van der Waals surface area contributed by atoms with E-state index in [1.165, 1.54) is 9.79 Å². The highest BCUT2D eigenvalue weighted by Gasteiger charge is 2.01. The third-order valence-electron chi connectivity index (χ3n) is 2.70. The molecule has 0 fully saturated rings. The molecule has 2 aromatic carbocycles. The molecule has 2 aromatic rings. The van der Waals surface area contributed by atoms with Crippen LogP contribution in [0.5, 0.6) is 5.75 Å². The van der Waals surface area contributed by atoms with E-state index in [2.05, 4.69) is 36.4 Å². The Morgan fingerprint density at radius 1 is 0.944 bits per heavy atom. The zero-order chi connectivity index (χ0) is 13.0. The van der Waals surface area contributed by atoms with Crippen molar-refractivity contribution in [3.63, 3.8) is 0 Å². The number of nitrogens with two attached hydrogens (primary N) is 1. The van der Waals surface area contributed by atoms with Crippen LogP contribution in [0.4, 0.5) is 0 Å². The molecule has 18 heavy (non-hydrogen) atoms. The van der Waals surface area contributed by atoms with Crippen LogP contribution in [0.25, 0.3) is 0 Å². The first-order valence-electron chi connectivity index (χ1n) is 5.86. The van der Waals surface area contributed by atoms with E-state index in [9.17, 15) is 0 Å². The molecule has 0 amide bonds. The van der Waals surface area contributed by atoms with E-state index in [1.807, 2.05) is 19.1 Å². The van der Waals surface area contributed by atoms with Gasteiger partial charge in [0.2, 0.25) is 0 Å². The van der Waals surface area contributed by atoms with Crippen LogP contribution in [-0.4, -0.2) is 7.11 Å². The molecule has 2 nitrogen and oxygen atoms in total. The van der Waals surface area contributed by atoms with Crippen LogP contribution in [0, 0.1) is 0 Å². The summed E-state index contributed by atoms with van der Waals surface area (Å²) in [7, 11) is 1.68. The summed E-state index contributed by atoms with van der Waals surface area (Å²) < 4.78 is 5.14. The number of methoxy groups -OCH3 is 1. The molecule has 0 aliphatic carbocycles. The van der Waals surface area contributed by atoms with Gasteiger partial charge in [0.25, 0.3) is 0 Å². The van der Waals surface area contributed by atoms with Crippen LogP contribution in [0.2, 0.25) is 0 Å². The second kappa shape index (κ2) is 5.94. The lowest BCUT2D eigenvalue weighted by atomic mass is 10.1. The number of rotatable bonds is 4. The van der Waals surface area contributed by atoms with Gasteiger partial charge in [0, 0.05) is 15.8 Å². The highest BCUT2D eigenvalue weighted by molar-refractivity contribution is 7.99. The summed E-state index contributed by atoms with van der Waals surface area (Å²) in [5.41, 5.74) is 6.99. The maximum atomic E-state index is 5.83. The fourth-order valence-electron chi connectivity index (χ4n) is 1.62. The van der Waals surface area contributed by atoms with E-state index in [-0.39, 0.29) is 6.04 Å². The maximum Gasteiger partial charge on any atom is 0.118 e. The van der Waals surface area contributed by atoms with Gasteiger partial charge in [-0.3, -0.25) is 0 Å². The molecule has 2 N–H and O–H groups in total. The van der Waals surface area contributed by atoms with E-state index in [0.717, 1.165) is 11.3 Å². The molecular formula is C15H17NOS. The van der Waals surface area contributed by atoms with Crippen LogP contribution in [-0.2, 0) is 0 Å². The van der Waals surface area contributed by atoms with Crippen LogP contribution in [0.15, 0.2) is 58.3 Å². The van der Waals surface area contributed by atoms with Gasteiger partial charge < -0.3 is 10.5 Å². The summed E-state index contributed by atoms with van der Waals surface area (Å²) in [4.78, 5) is 2.41. The quantitative estimate of drug-likeness (QED) is 0.905. The Balaban J connectivity index is 2.08. The van der Waals surface area contributed by atoms with Crippen molar-refractivity contribution < 1.29 is 4.74 Å². The van der Waals surface area contributed by atoms with Gasteiger partial charge in [0.1, 0.15) is 5.75 Å². The molecule has 0 aliphatic rings. The molecule has 0 radical (unpaired) electrons. The molecule has 3 heteroatoms. The summed E-state index contributed by atoms with van der Waals surface area (Å²) >= 11 is 1.73. The molecule has 0 unspecified atom stereocenters. The zero-order valence-electron chi connectivity index (χ0n) is 10.6. The van der Waals surface area contributed by atoms with Gasteiger partial charge in [0.05, 0.1) is 7.11 Å². The van der Waals surface area contributed by atoms with Gasteiger partial charge in [-0.25, -0.2) is 0 Å². The van der Waals surface area contributed by atoms with Crippen molar-refractivity contribution in [3.8, 4) is 5.75 Å². The Labute approximate surface area is 112 Å². The summed E-state index contributed by atoms with van der Waals surface area (Å²) in [6.07, 6.45) is 0. The van der Waals surface area contributed by atoms with Crippen molar-refractivity contribution in [1.82, 2.24) is 0 Å². The SMILES string of the molecule is COc1ccc(Sc2ccc([C@@H](C)N)cc2)cc1. The minimum absolute atomic E-state index is 0.0880. The van der Waals surface area contributed by atoms with Crippen LogP contribution < -0.4 is 10.5 Å². The van der Waals surface area contributed by atoms with Crippen molar-refractivity contribution in [2.45, 2.75) is 22.8 Å². The molecule has 0 heterocycles. The maximum absolute atomic E-state index is 5.83. The number of hydrogen-bond acceptors (Lipinski definition) is 3. The highest BCUT2D eigenvalue weighted by Crippen LogP contribution is 2.29. The predicted octanol–water partition coefficient (Wildman–Crippen LogP) is 3.87. The van der Waals surface area contributed by atoms with E-state index in [4.69, 9.17) is 10.5 Å². The standard InChI is InChI=1S/C15H17NOS/c1-11(16)12-3-7-14(8-4-12)18-15-9-5-13(17-2)6-10-15/h3-11H,16H2,1-2H3/t11-/m1/s1. The molecule has 0 saturated carbocycles. The fourth-order valence-corrected chi connectivity index (χ4v) is 2.44. The van der Waals surface area contributed by atoms with Crippen molar-refractivity contribution in [3.05, 3.63) is 54.1 Å². The van der Waals surface area contributed by atoms with Crippen molar-refractivity contribution in [2.75, 3.05) is 7.11 Å². The van der Waals surface area contributed by atoms with E-state index in [1.54, 1.807) is 18.9 Å². The van der Waals surface area contributed by atoms with E-state index in [0.29, 0.717) is 0 Å². The third-order valence-corrected chi connectivity index (χ3v) is 3.72. The number of hydrogen-bond donors (Lipinski definition) is 1. The first kappa shape index (κ1) is 13.0. The van der Waals surface area contributed by atoms with Gasteiger partial charge in [-0.1, -0.05) is 23.9 Å². The molecule has 0 bridgehead atoms. The number of benzene rings is 2. The Morgan fingerprint density at radius 2 is 1.44 bits per heavy atom. The molecule has 0 aromatic heterocycles. The van der Waals surface area contributed by atoms with Gasteiger partial charge in [-0.05, 0) is 48.9 Å². The average molecular weight is 259 g/mol. The largest absolute Gasteiger partial charge is 0.497 e. The van der Waals surface area contributed by atoms with Gasteiger partial charge >= 0.3 is 0 Å². The van der Waals surface area contributed by atoms with Gasteiger partial charge in [-0.15, -0.1) is 0 Å². The second-order valence-electron chi connectivity index (χ2n) is 4.14. The van der Waals surface area contributed by atoms with Gasteiger partial charge in [0.15, 0.2) is 0 Å². The fraction of sp³-hybridized carbons (Fsp3) is 0.200. The van der Waals surface area contributed by atoms with Crippen LogP contribution >= 0.6 is 11.8 Å². The molecule has 0 spiro atoms. The highest BCUT2D eigenvalue weighted by atomic mass is 32.2. The van der Waals surface area contributed by atoms with E-state index >= 15 is 0 Å². The normalized spacial score (nSPS) is 12.2. The van der Waals surface area contributed by atoms with Gasteiger partial charge in [-0.2, -0.15) is 0 Å². The molecule has 94 valence electrons. The summed E-state index contributed by atoms with van der Waals surface area (Å²) in [6.45, 7) is 1.99. The van der Waals surface area contributed by atoms with Crippen molar-refractivity contribution in [2.24, 2.45) is 5.73 Å².